The van der Waals surface area contributed by atoms with E-state index in [1.807, 2.05) is 38.9 Å². The fourth-order valence-electron chi connectivity index (χ4n) is 7.74. The summed E-state index contributed by atoms with van der Waals surface area (Å²) in [5, 5.41) is 62.8. The number of aliphatic hydroxyl groups is 5. The third kappa shape index (κ3) is 9.49. The Morgan fingerprint density at radius 3 is 2.31 bits per heavy atom. The summed E-state index contributed by atoms with van der Waals surface area (Å²) >= 11 is 0. The van der Waals surface area contributed by atoms with Crippen LogP contribution in [0.2, 0.25) is 0 Å². The van der Waals surface area contributed by atoms with Gasteiger partial charge in [0.2, 0.25) is 0 Å². The predicted octanol–water partition coefficient (Wildman–Crippen LogP) is 1.53. The molecule has 0 radical (unpaired) electrons. The van der Waals surface area contributed by atoms with Crippen LogP contribution >= 0.6 is 0 Å². The highest BCUT2D eigenvalue weighted by Gasteiger charge is 2.55. The lowest BCUT2D eigenvalue weighted by molar-refractivity contribution is -0.304. The van der Waals surface area contributed by atoms with E-state index < -0.39 is 71.4 Å². The van der Waals surface area contributed by atoms with Gasteiger partial charge in [-0.3, -0.25) is 9.78 Å². The normalized spacial score (nSPS) is 43.4. The van der Waals surface area contributed by atoms with E-state index in [4.69, 9.17) is 14.2 Å². The van der Waals surface area contributed by atoms with Crippen molar-refractivity contribution in [1.82, 2.24) is 15.2 Å². The van der Waals surface area contributed by atoms with Crippen molar-refractivity contribution in [3.05, 3.63) is 24.5 Å². The lowest BCUT2D eigenvalue weighted by atomic mass is 9.70. The summed E-state index contributed by atoms with van der Waals surface area (Å²) in [6, 6.07) is 2.72. The number of rotatable bonds is 7. The monoisotopic (exact) mass is 696 g/mol. The summed E-state index contributed by atoms with van der Waals surface area (Å²) in [6.45, 7) is 14.0. The van der Waals surface area contributed by atoms with E-state index in [9.17, 15) is 30.3 Å². The van der Waals surface area contributed by atoms with Crippen LogP contribution in [0, 0.1) is 17.8 Å². The molecule has 13 nitrogen and oxygen atoms in total. The zero-order valence-corrected chi connectivity index (χ0v) is 31.4. The quantitative estimate of drug-likeness (QED) is 0.227. The Hall–Kier alpha value is -1.94. The average Bonchev–Trinajstić information content (AvgIpc) is 3.04. The van der Waals surface area contributed by atoms with Gasteiger partial charge in [0, 0.05) is 37.8 Å². The lowest BCUT2D eigenvalue weighted by Crippen LogP contribution is -2.64. The van der Waals surface area contributed by atoms with Crippen LogP contribution in [0.5, 0.6) is 0 Å². The van der Waals surface area contributed by atoms with Gasteiger partial charge in [-0.2, -0.15) is 0 Å². The van der Waals surface area contributed by atoms with Gasteiger partial charge in [-0.1, -0.05) is 20.8 Å². The van der Waals surface area contributed by atoms with Crippen molar-refractivity contribution in [1.29, 1.82) is 0 Å². The van der Waals surface area contributed by atoms with Crippen molar-refractivity contribution in [3.63, 3.8) is 0 Å². The first kappa shape index (κ1) is 41.5. The van der Waals surface area contributed by atoms with Crippen molar-refractivity contribution >= 4 is 11.7 Å². The van der Waals surface area contributed by atoms with E-state index in [1.165, 1.54) is 6.92 Å². The molecular formula is C36H64N4O9. The molecule has 3 rings (SSSR count). The first-order valence-electron chi connectivity index (χ1n) is 17.7. The van der Waals surface area contributed by atoms with Crippen LogP contribution in [-0.2, 0) is 19.0 Å². The number of hydrogen-bond acceptors (Lipinski definition) is 13. The van der Waals surface area contributed by atoms with Gasteiger partial charge in [0.25, 0.3) is 0 Å². The third-order valence-electron chi connectivity index (χ3n) is 11.0. The van der Waals surface area contributed by atoms with Gasteiger partial charge >= 0.3 is 5.97 Å². The fourth-order valence-corrected chi connectivity index (χ4v) is 7.74. The second kappa shape index (κ2) is 16.6. The van der Waals surface area contributed by atoms with Crippen molar-refractivity contribution in [2.75, 3.05) is 39.1 Å². The number of nitrogens with zero attached hydrogens (tertiary/aromatic N) is 3. The maximum atomic E-state index is 14.1. The molecule has 0 saturated carbocycles. The van der Waals surface area contributed by atoms with Gasteiger partial charge in [0.05, 0.1) is 35.6 Å². The van der Waals surface area contributed by atoms with E-state index in [0.717, 1.165) is 0 Å². The summed E-state index contributed by atoms with van der Waals surface area (Å²) in [4.78, 5) is 22.0. The van der Waals surface area contributed by atoms with Crippen molar-refractivity contribution < 1.29 is 44.5 Å². The number of ether oxygens (including phenoxy) is 3. The van der Waals surface area contributed by atoms with Gasteiger partial charge in [-0.15, -0.1) is 0 Å². The SMILES string of the molecule is CC[C@H]1OC(=O)C(C)[C@@](O)(CN(C)c2cccnc2)[C@H](C)[C@@H](O[C@@H]2O[C@H](C)C[C@H](N(C)C)[C@H]2O)[C@@](C)(O)C[C@@H](C)CN[C@H](C)[C@@H](O)[C@]1(C)O. The molecule has 282 valence electrons. The summed E-state index contributed by atoms with van der Waals surface area (Å²) in [7, 11) is 5.52. The minimum atomic E-state index is -1.92. The Labute approximate surface area is 292 Å². The molecule has 1 unspecified atom stereocenters. The molecule has 3 heterocycles. The number of carbonyl (C=O) groups is 1. The second-order valence-corrected chi connectivity index (χ2v) is 15.6. The minimum absolute atomic E-state index is 0.0964. The third-order valence-corrected chi connectivity index (χ3v) is 11.0. The highest BCUT2D eigenvalue weighted by molar-refractivity contribution is 5.74. The van der Waals surface area contributed by atoms with Crippen LogP contribution in [0.15, 0.2) is 24.5 Å². The molecule has 1 aromatic rings. The molecular weight excluding hydrogens is 632 g/mol. The molecule has 49 heavy (non-hydrogen) atoms. The maximum Gasteiger partial charge on any atom is 0.312 e. The average molecular weight is 697 g/mol. The second-order valence-electron chi connectivity index (χ2n) is 15.6. The number of aliphatic hydroxyl groups excluding tert-OH is 2. The van der Waals surface area contributed by atoms with Crippen LogP contribution in [0.3, 0.4) is 0 Å². The molecule has 6 N–H and O–H groups in total. The van der Waals surface area contributed by atoms with Crippen LogP contribution < -0.4 is 10.2 Å². The van der Waals surface area contributed by atoms with Gasteiger partial charge < -0.3 is 54.9 Å². The molecule has 2 fully saturated rings. The Morgan fingerprint density at radius 1 is 1.08 bits per heavy atom. The van der Waals surface area contributed by atoms with Crippen molar-refractivity contribution in [3.8, 4) is 0 Å². The van der Waals surface area contributed by atoms with Gasteiger partial charge in [-0.05, 0) is 92.6 Å². The van der Waals surface area contributed by atoms with Gasteiger partial charge in [-0.25, -0.2) is 0 Å². The molecule has 2 saturated heterocycles. The Balaban J connectivity index is 2.19. The molecule has 14 atom stereocenters. The first-order chi connectivity index (χ1) is 22.7. The highest BCUT2D eigenvalue weighted by atomic mass is 16.7. The number of pyridine rings is 1. The van der Waals surface area contributed by atoms with Crippen LogP contribution in [0.4, 0.5) is 5.69 Å². The van der Waals surface area contributed by atoms with Crippen LogP contribution in [0.25, 0.3) is 0 Å². The molecule has 13 heteroatoms. The number of aromatic nitrogens is 1. The van der Waals surface area contributed by atoms with E-state index in [2.05, 4.69) is 10.3 Å². The summed E-state index contributed by atoms with van der Waals surface area (Å²) in [5.74, 6) is -3.13. The number of likely N-dealkylation sites (N-methyl/N-ethyl adjacent to an activating group) is 2. The number of anilines is 1. The largest absolute Gasteiger partial charge is 0.459 e. The fraction of sp³-hybridized carbons (Fsp3) is 0.833. The molecule has 0 aliphatic carbocycles. The Morgan fingerprint density at radius 2 is 1.73 bits per heavy atom. The van der Waals surface area contributed by atoms with Crippen LogP contribution in [-0.4, -0.2) is 141 Å². The standard InChI is InChI=1S/C36H64N4O9/c1-12-28-35(8,45)30(42)25(6)38-18-21(2)17-34(7,44)31(49-33-29(41)27(39(9)10)16-22(3)47-33)23(4)36(46,24(5)32(43)48-28)20-40(11)26-14-13-15-37-19-26/h13-15,19,21-25,27-31,33,38,41-42,44-46H,12,16-18,20H2,1-11H3/t21-,22-,23-,24?,25-,27+,28-,29-,30-,31-,33+,34+,35-,36-/m1/s1. The molecule has 2 aliphatic heterocycles. The van der Waals surface area contributed by atoms with Crippen molar-refractivity contribution in [2.24, 2.45) is 17.8 Å². The van der Waals surface area contributed by atoms with Gasteiger partial charge in [0.1, 0.15) is 29.5 Å². The predicted molar refractivity (Wildman–Crippen MR) is 187 cm³/mol. The molecule has 0 bridgehead atoms. The number of nitrogens with one attached hydrogen (secondary N) is 1. The molecule has 2 aliphatic rings. The van der Waals surface area contributed by atoms with E-state index in [-0.39, 0.29) is 37.5 Å². The molecule has 0 amide bonds. The van der Waals surface area contributed by atoms with E-state index in [1.54, 1.807) is 65.0 Å². The lowest BCUT2D eigenvalue weighted by Gasteiger charge is -2.50. The highest BCUT2D eigenvalue weighted by Crippen LogP contribution is 2.41. The Kier molecular flexibility index (Phi) is 14.1. The number of esters is 1. The zero-order valence-electron chi connectivity index (χ0n) is 31.4. The number of cyclic esters (lactones) is 1. The molecule has 0 spiro atoms. The number of hydrogen-bond donors (Lipinski definition) is 6. The van der Waals surface area contributed by atoms with Gasteiger partial charge in [0.15, 0.2) is 6.29 Å². The minimum Gasteiger partial charge on any atom is -0.459 e. The molecule has 0 aromatic carbocycles. The topological polar surface area (TPSA) is 177 Å². The summed E-state index contributed by atoms with van der Waals surface area (Å²) in [6.07, 6.45) is -1.76. The van der Waals surface area contributed by atoms with Crippen LogP contribution in [0.1, 0.15) is 74.7 Å². The Bertz CT molecular complexity index is 1190. The van der Waals surface area contributed by atoms with E-state index >= 15 is 0 Å². The van der Waals surface area contributed by atoms with E-state index in [0.29, 0.717) is 18.7 Å². The number of carbonyl (C=O) groups excluding carboxylic acids is 1. The van der Waals surface area contributed by atoms with Crippen molar-refractivity contribution in [2.45, 2.75) is 140 Å². The molecule has 1 aromatic heterocycles. The zero-order chi connectivity index (χ0) is 37.1. The summed E-state index contributed by atoms with van der Waals surface area (Å²) in [5.41, 5.74) is -4.66. The smallest absolute Gasteiger partial charge is 0.312 e. The first-order valence-corrected chi connectivity index (χ1v) is 17.7. The maximum absolute atomic E-state index is 14.1. The summed E-state index contributed by atoms with van der Waals surface area (Å²) < 4.78 is 18.7.